The second-order valence-electron chi connectivity index (χ2n) is 7.80. The molecule has 1 fully saturated rings. The molecule has 4 rings (SSSR count). The Hall–Kier alpha value is -3.18. The number of carbonyl (C=O) groups excluding carboxylic acids is 1. The minimum atomic E-state index is -3.62. The normalized spacial score (nSPS) is 15.9. The highest BCUT2D eigenvalue weighted by atomic mass is 32.2. The average molecular weight is 459 g/mol. The van der Waals surface area contributed by atoms with Crippen molar-refractivity contribution >= 4 is 32.7 Å². The molecule has 1 saturated heterocycles. The third-order valence-electron chi connectivity index (χ3n) is 5.48. The number of carbonyl (C=O) groups is 1. The van der Waals surface area contributed by atoms with Crippen molar-refractivity contribution in [2.24, 2.45) is 0 Å². The van der Waals surface area contributed by atoms with Crippen molar-refractivity contribution < 1.29 is 18.0 Å². The van der Waals surface area contributed by atoms with E-state index in [1.54, 1.807) is 17.9 Å². The lowest BCUT2D eigenvalue weighted by Gasteiger charge is -2.36. The van der Waals surface area contributed by atoms with E-state index >= 15 is 0 Å². The Labute approximate surface area is 187 Å². The van der Waals surface area contributed by atoms with E-state index in [2.05, 4.69) is 27.3 Å². The fraction of sp³-hybridized carbons (Fsp3) is 0.381. The van der Waals surface area contributed by atoms with Crippen molar-refractivity contribution in [2.45, 2.75) is 17.9 Å². The molecule has 1 amide bonds. The number of aromatic nitrogens is 3. The van der Waals surface area contributed by atoms with Crippen LogP contribution in [0.15, 0.2) is 53.4 Å². The molecule has 0 radical (unpaired) electrons. The molecular weight excluding hydrogens is 432 g/mol. The summed E-state index contributed by atoms with van der Waals surface area (Å²) in [5.74, 6) is -0.154. The number of piperazine rings is 1. The van der Waals surface area contributed by atoms with Gasteiger partial charge in [0.05, 0.1) is 4.90 Å². The van der Waals surface area contributed by atoms with E-state index in [-0.39, 0.29) is 10.8 Å². The largest absolute Gasteiger partial charge is 0.382 e. The summed E-state index contributed by atoms with van der Waals surface area (Å²) in [4.78, 5) is 23.9. The molecule has 1 atom stereocenters. The standard InChI is InChI=1S/C21H26N6O4S/c1-16(21(28)26-13-11-25(12-14-26)17-7-5-4-6-8-17)31-27-20-15-18(32(29,30)24(2)3)9-10-19(20)22-23-27/h4-10,15-16H,11-14H2,1-3H3. The summed E-state index contributed by atoms with van der Waals surface area (Å²) in [7, 11) is -0.700. The zero-order valence-corrected chi connectivity index (χ0v) is 19.1. The number of rotatable bonds is 6. The van der Waals surface area contributed by atoms with Crippen LogP contribution in [0.1, 0.15) is 6.92 Å². The van der Waals surface area contributed by atoms with Gasteiger partial charge < -0.3 is 14.6 Å². The number of sulfonamides is 1. The number of para-hydroxylation sites is 1. The molecule has 0 spiro atoms. The van der Waals surface area contributed by atoms with Crippen LogP contribution in [0.25, 0.3) is 11.0 Å². The highest BCUT2D eigenvalue weighted by Gasteiger charge is 2.27. The SMILES string of the molecule is CC(On1nnc2ccc(S(=O)(=O)N(C)C)cc21)C(=O)N1CCN(c2ccccc2)CC1. The Balaban J connectivity index is 1.44. The fourth-order valence-corrected chi connectivity index (χ4v) is 4.53. The van der Waals surface area contributed by atoms with Gasteiger partial charge in [-0.2, -0.15) is 0 Å². The Bertz CT molecular complexity index is 1200. The van der Waals surface area contributed by atoms with Gasteiger partial charge in [-0.15, -0.1) is 5.10 Å². The summed E-state index contributed by atoms with van der Waals surface area (Å²) in [5.41, 5.74) is 1.99. The first-order chi connectivity index (χ1) is 15.3. The summed E-state index contributed by atoms with van der Waals surface area (Å²) in [6.45, 7) is 4.30. The molecular formula is C21H26N6O4S. The van der Waals surface area contributed by atoms with E-state index in [1.807, 2.05) is 18.2 Å². The predicted molar refractivity (Wildman–Crippen MR) is 120 cm³/mol. The minimum Gasteiger partial charge on any atom is -0.382 e. The fourth-order valence-electron chi connectivity index (χ4n) is 3.60. The number of fused-ring (bicyclic) bond motifs is 1. The maximum atomic E-state index is 12.9. The van der Waals surface area contributed by atoms with Crippen LogP contribution in [-0.2, 0) is 14.8 Å². The molecule has 2 aromatic carbocycles. The summed E-state index contributed by atoms with van der Waals surface area (Å²) in [6, 6.07) is 14.6. The van der Waals surface area contributed by atoms with E-state index in [0.29, 0.717) is 24.1 Å². The van der Waals surface area contributed by atoms with Crippen LogP contribution < -0.4 is 9.74 Å². The van der Waals surface area contributed by atoms with Gasteiger partial charge in [0.1, 0.15) is 11.0 Å². The molecule has 1 aromatic heterocycles. The second kappa shape index (κ2) is 8.75. The van der Waals surface area contributed by atoms with Crippen molar-refractivity contribution in [1.29, 1.82) is 0 Å². The third-order valence-corrected chi connectivity index (χ3v) is 7.29. The molecule has 32 heavy (non-hydrogen) atoms. The van der Waals surface area contributed by atoms with E-state index in [0.717, 1.165) is 27.9 Å². The molecule has 1 aliphatic heterocycles. The van der Waals surface area contributed by atoms with Crippen molar-refractivity contribution in [3.05, 3.63) is 48.5 Å². The van der Waals surface area contributed by atoms with Crippen LogP contribution in [0.4, 0.5) is 5.69 Å². The van der Waals surface area contributed by atoms with E-state index < -0.39 is 16.1 Å². The zero-order valence-electron chi connectivity index (χ0n) is 18.2. The molecule has 10 nitrogen and oxygen atoms in total. The number of benzene rings is 2. The van der Waals surface area contributed by atoms with Gasteiger partial charge in [-0.1, -0.05) is 23.0 Å². The first-order valence-corrected chi connectivity index (χ1v) is 11.8. The second-order valence-corrected chi connectivity index (χ2v) is 9.95. The van der Waals surface area contributed by atoms with Crippen molar-refractivity contribution in [3.63, 3.8) is 0 Å². The van der Waals surface area contributed by atoms with Gasteiger partial charge in [-0.3, -0.25) is 4.79 Å². The number of hydrogen-bond donors (Lipinski definition) is 0. The molecule has 3 aromatic rings. The van der Waals surface area contributed by atoms with Gasteiger partial charge >= 0.3 is 0 Å². The van der Waals surface area contributed by atoms with Gasteiger partial charge in [0, 0.05) is 46.0 Å². The summed E-state index contributed by atoms with van der Waals surface area (Å²) < 4.78 is 26.0. The molecule has 1 aliphatic rings. The number of nitrogens with zero attached hydrogens (tertiary/aromatic N) is 6. The van der Waals surface area contributed by atoms with Gasteiger partial charge in [-0.25, -0.2) is 12.7 Å². The van der Waals surface area contributed by atoms with Crippen LogP contribution in [-0.4, -0.2) is 85.1 Å². The lowest BCUT2D eigenvalue weighted by molar-refractivity contribution is -0.144. The maximum absolute atomic E-state index is 12.9. The quantitative estimate of drug-likeness (QED) is 0.540. The van der Waals surface area contributed by atoms with Crippen LogP contribution >= 0.6 is 0 Å². The monoisotopic (exact) mass is 458 g/mol. The lowest BCUT2D eigenvalue weighted by Crippen LogP contribution is -2.52. The van der Waals surface area contributed by atoms with Gasteiger partial charge in [0.25, 0.3) is 5.91 Å². The molecule has 170 valence electrons. The van der Waals surface area contributed by atoms with Crippen LogP contribution in [0.3, 0.4) is 0 Å². The first kappa shape index (κ1) is 22.0. The van der Waals surface area contributed by atoms with Gasteiger partial charge in [0.15, 0.2) is 0 Å². The third kappa shape index (κ3) is 4.26. The van der Waals surface area contributed by atoms with Crippen molar-refractivity contribution in [2.75, 3.05) is 45.2 Å². The van der Waals surface area contributed by atoms with E-state index in [4.69, 9.17) is 4.84 Å². The molecule has 2 heterocycles. The Morgan fingerprint density at radius 1 is 1.06 bits per heavy atom. The topological polar surface area (TPSA) is 101 Å². The summed E-state index contributed by atoms with van der Waals surface area (Å²) in [6.07, 6.45) is -0.808. The lowest BCUT2D eigenvalue weighted by atomic mass is 10.2. The number of hydrogen-bond acceptors (Lipinski definition) is 7. The van der Waals surface area contributed by atoms with Crippen LogP contribution in [0, 0.1) is 0 Å². The molecule has 1 unspecified atom stereocenters. The van der Waals surface area contributed by atoms with Crippen LogP contribution in [0.2, 0.25) is 0 Å². The maximum Gasteiger partial charge on any atom is 0.266 e. The highest BCUT2D eigenvalue weighted by molar-refractivity contribution is 7.89. The molecule has 0 saturated carbocycles. The van der Waals surface area contributed by atoms with Crippen LogP contribution in [0.5, 0.6) is 0 Å². The molecule has 0 N–H and O–H groups in total. The molecule has 0 bridgehead atoms. The Morgan fingerprint density at radius 3 is 2.41 bits per heavy atom. The Kier molecular flexibility index (Phi) is 6.02. The zero-order chi connectivity index (χ0) is 22.9. The van der Waals surface area contributed by atoms with E-state index in [9.17, 15) is 13.2 Å². The average Bonchev–Trinajstić information content (AvgIpc) is 3.21. The first-order valence-electron chi connectivity index (χ1n) is 10.3. The number of anilines is 1. The molecule has 11 heteroatoms. The van der Waals surface area contributed by atoms with Gasteiger partial charge in [-0.05, 0) is 42.5 Å². The van der Waals surface area contributed by atoms with Crippen molar-refractivity contribution in [1.82, 2.24) is 24.4 Å². The number of amides is 1. The van der Waals surface area contributed by atoms with E-state index in [1.165, 1.54) is 26.2 Å². The van der Waals surface area contributed by atoms with Crippen molar-refractivity contribution in [3.8, 4) is 0 Å². The Morgan fingerprint density at radius 2 is 1.75 bits per heavy atom. The molecule has 0 aliphatic carbocycles. The predicted octanol–water partition coefficient (Wildman–Crippen LogP) is 0.848. The minimum absolute atomic E-state index is 0.0955. The highest BCUT2D eigenvalue weighted by Crippen LogP contribution is 2.20. The summed E-state index contributed by atoms with van der Waals surface area (Å²) >= 11 is 0. The summed E-state index contributed by atoms with van der Waals surface area (Å²) in [5, 5.41) is 7.94. The smallest absolute Gasteiger partial charge is 0.266 e. The van der Waals surface area contributed by atoms with Gasteiger partial charge in [0.2, 0.25) is 16.1 Å².